The van der Waals surface area contributed by atoms with E-state index in [1.807, 2.05) is 44.4 Å². The van der Waals surface area contributed by atoms with Crippen LogP contribution in [0.2, 0.25) is 0 Å². The minimum atomic E-state index is 0. The summed E-state index contributed by atoms with van der Waals surface area (Å²) in [6.07, 6.45) is 9.49. The predicted octanol–water partition coefficient (Wildman–Crippen LogP) is 1.64. The van der Waals surface area contributed by atoms with Gasteiger partial charge in [-0.1, -0.05) is 0 Å². The van der Waals surface area contributed by atoms with Crippen molar-refractivity contribution in [3.05, 3.63) is 30.6 Å². The van der Waals surface area contributed by atoms with Gasteiger partial charge in [0.1, 0.15) is 12.4 Å². The molecule has 0 spiro atoms. The van der Waals surface area contributed by atoms with E-state index in [0.29, 0.717) is 13.1 Å². The zero-order valence-electron chi connectivity index (χ0n) is 17.4. The van der Waals surface area contributed by atoms with Crippen LogP contribution in [0.4, 0.5) is 5.69 Å². The number of aliphatic imine (C=N–C) groups is 1. The van der Waals surface area contributed by atoms with Crippen LogP contribution in [-0.4, -0.2) is 68.8 Å². The average molecular weight is 514 g/mol. The van der Waals surface area contributed by atoms with Gasteiger partial charge in [0.2, 0.25) is 5.91 Å². The minimum absolute atomic E-state index is 0. The normalized spacial score (nSPS) is 14.9. The first-order valence-corrected chi connectivity index (χ1v) is 9.88. The first-order valence-electron chi connectivity index (χ1n) is 9.88. The quantitative estimate of drug-likeness (QED) is 0.263. The Hall–Kier alpha value is -2.11. The maximum absolute atomic E-state index is 12.6. The van der Waals surface area contributed by atoms with E-state index in [1.165, 1.54) is 0 Å². The number of anilines is 1. The first-order chi connectivity index (χ1) is 13.6. The largest absolute Gasteiger partial charge is 0.357 e. The molecule has 1 saturated heterocycles. The number of imidazole rings is 1. The van der Waals surface area contributed by atoms with Crippen molar-refractivity contribution in [2.45, 2.75) is 33.2 Å². The van der Waals surface area contributed by atoms with Gasteiger partial charge < -0.3 is 19.7 Å². The molecular weight excluding hydrogens is 483 g/mol. The van der Waals surface area contributed by atoms with Crippen LogP contribution in [0.1, 0.15) is 25.6 Å². The molecule has 0 bridgehead atoms. The number of rotatable bonds is 7. The van der Waals surface area contributed by atoms with Gasteiger partial charge in [-0.05, 0) is 26.7 Å². The number of hydrogen-bond donors (Lipinski definition) is 1. The monoisotopic (exact) mass is 514 g/mol. The Bertz CT molecular complexity index is 815. The smallest absolute Gasteiger partial charge is 0.246 e. The molecule has 29 heavy (non-hydrogen) atoms. The van der Waals surface area contributed by atoms with Gasteiger partial charge in [-0.2, -0.15) is 5.10 Å². The van der Waals surface area contributed by atoms with E-state index in [1.54, 1.807) is 15.8 Å². The summed E-state index contributed by atoms with van der Waals surface area (Å²) >= 11 is 0. The van der Waals surface area contributed by atoms with E-state index in [9.17, 15) is 4.79 Å². The second-order valence-electron chi connectivity index (χ2n) is 6.95. The van der Waals surface area contributed by atoms with Crippen molar-refractivity contribution in [3.8, 4) is 0 Å². The van der Waals surface area contributed by atoms with Gasteiger partial charge in [-0.3, -0.25) is 14.5 Å². The van der Waals surface area contributed by atoms with Crippen molar-refractivity contribution in [3.63, 3.8) is 0 Å². The zero-order valence-corrected chi connectivity index (χ0v) is 19.7. The third kappa shape index (κ3) is 6.18. The van der Waals surface area contributed by atoms with Gasteiger partial charge >= 0.3 is 0 Å². The summed E-state index contributed by atoms with van der Waals surface area (Å²) in [6.45, 7) is 8.26. The molecule has 3 heterocycles. The molecule has 2 aromatic rings. The van der Waals surface area contributed by atoms with Crippen LogP contribution >= 0.6 is 24.0 Å². The fourth-order valence-corrected chi connectivity index (χ4v) is 3.32. The van der Waals surface area contributed by atoms with Crippen molar-refractivity contribution < 1.29 is 4.79 Å². The second kappa shape index (κ2) is 11.2. The number of carbonyl (C=O) groups excluding carboxylic acids is 1. The van der Waals surface area contributed by atoms with E-state index < -0.39 is 0 Å². The molecule has 1 N–H and O–H groups in total. The molecular formula is C19H31IN8O. The number of nitrogens with zero attached hydrogens (tertiary/aromatic N) is 7. The first kappa shape index (κ1) is 23.2. The Labute approximate surface area is 189 Å². The van der Waals surface area contributed by atoms with Crippen LogP contribution in [0.25, 0.3) is 0 Å². The third-order valence-electron chi connectivity index (χ3n) is 4.85. The highest BCUT2D eigenvalue weighted by Crippen LogP contribution is 2.16. The number of nitrogens with one attached hydrogen (secondary N) is 1. The molecule has 0 unspecified atom stereocenters. The number of piperazine rings is 1. The molecule has 1 aliphatic rings. The Morgan fingerprint density at radius 2 is 2.14 bits per heavy atom. The molecule has 1 fully saturated rings. The molecule has 2 aromatic heterocycles. The lowest BCUT2D eigenvalue weighted by Crippen LogP contribution is -2.55. The molecule has 9 nitrogen and oxygen atoms in total. The maximum atomic E-state index is 12.6. The summed E-state index contributed by atoms with van der Waals surface area (Å²) in [6, 6.07) is 0. The number of guanidine groups is 1. The van der Waals surface area contributed by atoms with Crippen LogP contribution < -0.4 is 10.2 Å². The maximum Gasteiger partial charge on any atom is 0.246 e. The molecule has 0 radical (unpaired) electrons. The lowest BCUT2D eigenvalue weighted by Gasteiger charge is -2.35. The molecule has 10 heteroatoms. The summed E-state index contributed by atoms with van der Waals surface area (Å²) in [4.78, 5) is 25.4. The van der Waals surface area contributed by atoms with Gasteiger partial charge in [0, 0.05) is 58.4 Å². The average Bonchev–Trinajstić information content (AvgIpc) is 3.28. The van der Waals surface area contributed by atoms with Crippen molar-refractivity contribution in [2.24, 2.45) is 12.0 Å². The van der Waals surface area contributed by atoms with Crippen molar-refractivity contribution in [2.75, 3.05) is 37.6 Å². The van der Waals surface area contributed by atoms with E-state index >= 15 is 0 Å². The number of aromatic nitrogens is 4. The van der Waals surface area contributed by atoms with Gasteiger partial charge in [0.15, 0.2) is 5.96 Å². The summed E-state index contributed by atoms with van der Waals surface area (Å²) in [5.74, 6) is 1.93. The SMILES string of the molecule is CCNC(=NCCCCn1ccnc1C)N1CCN(c2cnn(C)c2)C(=O)C1.I. The lowest BCUT2D eigenvalue weighted by molar-refractivity contribution is -0.120. The Morgan fingerprint density at radius 1 is 1.31 bits per heavy atom. The number of hydrogen-bond acceptors (Lipinski definition) is 4. The molecule has 1 aliphatic heterocycles. The Balaban J connectivity index is 0.00000300. The summed E-state index contributed by atoms with van der Waals surface area (Å²) in [5, 5.41) is 7.48. The van der Waals surface area contributed by atoms with E-state index in [-0.39, 0.29) is 29.9 Å². The van der Waals surface area contributed by atoms with E-state index in [0.717, 1.165) is 56.5 Å². The fraction of sp³-hybridized carbons (Fsp3) is 0.579. The van der Waals surface area contributed by atoms with Gasteiger partial charge in [0.25, 0.3) is 0 Å². The highest BCUT2D eigenvalue weighted by molar-refractivity contribution is 14.0. The number of halogens is 1. The molecule has 1 amide bonds. The third-order valence-corrected chi connectivity index (χ3v) is 4.85. The van der Waals surface area contributed by atoms with Crippen LogP contribution in [0.3, 0.4) is 0 Å². The van der Waals surface area contributed by atoms with Crippen LogP contribution in [0.5, 0.6) is 0 Å². The van der Waals surface area contributed by atoms with Gasteiger partial charge in [0.05, 0.1) is 11.9 Å². The molecule has 3 rings (SSSR count). The highest BCUT2D eigenvalue weighted by atomic mass is 127. The summed E-state index contributed by atoms with van der Waals surface area (Å²) in [5.41, 5.74) is 0.851. The number of amides is 1. The number of unbranched alkanes of at least 4 members (excludes halogenated alkanes) is 1. The standard InChI is InChI=1S/C19H30N8O.HI/c1-4-20-19(22-7-5-6-9-25-10-8-21-16(25)2)26-11-12-27(18(28)15-26)17-13-23-24(3)14-17;/h8,10,13-14H,4-7,9,11-12,15H2,1-3H3,(H,20,22);1H. The number of carbonyl (C=O) groups is 1. The predicted molar refractivity (Wildman–Crippen MR) is 125 cm³/mol. The van der Waals surface area contributed by atoms with Crippen LogP contribution in [0.15, 0.2) is 29.8 Å². The van der Waals surface area contributed by atoms with Crippen molar-refractivity contribution in [1.29, 1.82) is 0 Å². The minimum Gasteiger partial charge on any atom is -0.357 e. The molecule has 160 valence electrons. The molecule has 0 aromatic carbocycles. The van der Waals surface area contributed by atoms with Gasteiger partial charge in [-0.15, -0.1) is 24.0 Å². The van der Waals surface area contributed by atoms with E-state index in [2.05, 4.69) is 20.0 Å². The molecule has 0 aliphatic carbocycles. The second-order valence-corrected chi connectivity index (χ2v) is 6.95. The van der Waals surface area contributed by atoms with Crippen molar-refractivity contribution in [1.82, 2.24) is 29.5 Å². The van der Waals surface area contributed by atoms with E-state index in [4.69, 9.17) is 4.99 Å². The molecule has 0 saturated carbocycles. The fourth-order valence-electron chi connectivity index (χ4n) is 3.32. The van der Waals surface area contributed by atoms with Crippen molar-refractivity contribution >= 4 is 41.5 Å². The Kier molecular flexibility index (Phi) is 8.93. The number of aryl methyl sites for hydroxylation is 3. The topological polar surface area (TPSA) is 83.6 Å². The summed E-state index contributed by atoms with van der Waals surface area (Å²) < 4.78 is 3.87. The summed E-state index contributed by atoms with van der Waals surface area (Å²) in [7, 11) is 1.86. The highest BCUT2D eigenvalue weighted by Gasteiger charge is 2.27. The van der Waals surface area contributed by atoms with Gasteiger partial charge in [-0.25, -0.2) is 4.98 Å². The Morgan fingerprint density at radius 3 is 2.76 bits per heavy atom. The zero-order chi connectivity index (χ0) is 19.9. The van der Waals surface area contributed by atoms with Crippen LogP contribution in [-0.2, 0) is 18.4 Å². The molecule has 0 atom stereocenters. The van der Waals surface area contributed by atoms with Crippen LogP contribution in [0, 0.1) is 6.92 Å². The lowest BCUT2D eigenvalue weighted by atomic mass is 10.3.